The standard InChI is InChI=1S/C25H18ClFO3S.Na/c1-15-12-17(25(28)29)4-8-20(15)24-21(10-11-31-24)22-13-18(26)5-9-23(22)30-14-16-2-6-19(27)7-3-16;/h2-13H,14H2,1H3,(H,28,29);/q;+1/p-1. The minimum Gasteiger partial charge on any atom is -0.545 e. The molecule has 0 saturated carbocycles. The van der Waals surface area contributed by atoms with Gasteiger partial charge in [0.15, 0.2) is 0 Å². The zero-order valence-corrected chi connectivity index (χ0v) is 21.1. The zero-order valence-electron chi connectivity index (χ0n) is 17.5. The Bertz CT molecular complexity index is 1250. The number of aryl methyl sites for hydroxylation is 1. The second-order valence-corrected chi connectivity index (χ2v) is 8.39. The topological polar surface area (TPSA) is 49.4 Å². The van der Waals surface area contributed by atoms with Crippen molar-refractivity contribution in [3.05, 3.63) is 99.6 Å². The van der Waals surface area contributed by atoms with Gasteiger partial charge in [0.25, 0.3) is 0 Å². The molecule has 1 aromatic heterocycles. The van der Waals surface area contributed by atoms with Gasteiger partial charge in [0.2, 0.25) is 0 Å². The van der Waals surface area contributed by atoms with E-state index in [1.807, 2.05) is 30.5 Å². The SMILES string of the molecule is Cc1cc(C(=O)[O-])ccc1-c1sccc1-c1cc(Cl)ccc1OCc1ccc(F)cc1.[Na+]. The Morgan fingerprint density at radius 3 is 2.44 bits per heavy atom. The van der Waals surface area contributed by atoms with Crippen LogP contribution in [-0.4, -0.2) is 5.97 Å². The number of halogens is 2. The predicted octanol–water partition coefficient (Wildman–Crippen LogP) is 3.13. The van der Waals surface area contributed by atoms with Gasteiger partial charge >= 0.3 is 29.6 Å². The largest absolute Gasteiger partial charge is 1.00 e. The van der Waals surface area contributed by atoms with Crippen molar-refractivity contribution >= 4 is 28.9 Å². The van der Waals surface area contributed by atoms with Crippen molar-refractivity contribution in [2.24, 2.45) is 0 Å². The predicted molar refractivity (Wildman–Crippen MR) is 120 cm³/mol. The van der Waals surface area contributed by atoms with Crippen molar-refractivity contribution in [2.75, 3.05) is 0 Å². The molecule has 0 radical (unpaired) electrons. The summed E-state index contributed by atoms with van der Waals surface area (Å²) in [5.41, 5.74) is 4.52. The Kier molecular flexibility index (Phi) is 8.15. The Hall–Kier alpha value is -2.15. The molecule has 0 saturated heterocycles. The van der Waals surface area contributed by atoms with Gasteiger partial charge in [-0.2, -0.15) is 0 Å². The molecule has 0 amide bonds. The summed E-state index contributed by atoms with van der Waals surface area (Å²) in [6.45, 7) is 2.16. The molecule has 32 heavy (non-hydrogen) atoms. The van der Waals surface area contributed by atoms with E-state index < -0.39 is 5.97 Å². The molecule has 0 N–H and O–H groups in total. The smallest absolute Gasteiger partial charge is 0.545 e. The number of ether oxygens (including phenoxy) is 1. The number of rotatable bonds is 6. The third-order valence-corrected chi connectivity index (χ3v) is 6.09. The monoisotopic (exact) mass is 474 g/mol. The molecule has 3 nitrogen and oxygen atoms in total. The Labute approximate surface area is 216 Å². The van der Waals surface area contributed by atoms with Crippen LogP contribution in [0.3, 0.4) is 0 Å². The van der Waals surface area contributed by atoms with Crippen molar-refractivity contribution in [3.8, 4) is 27.3 Å². The van der Waals surface area contributed by atoms with Gasteiger partial charge in [-0.1, -0.05) is 35.9 Å². The molecule has 4 aromatic rings. The molecule has 0 spiro atoms. The van der Waals surface area contributed by atoms with Gasteiger partial charge in [-0.3, -0.25) is 0 Å². The Balaban J connectivity index is 0.00000289. The number of benzene rings is 3. The zero-order chi connectivity index (χ0) is 22.0. The molecule has 0 aliphatic rings. The van der Waals surface area contributed by atoms with Gasteiger partial charge in [-0.25, -0.2) is 4.39 Å². The maximum Gasteiger partial charge on any atom is 1.00 e. The number of hydrogen-bond acceptors (Lipinski definition) is 4. The second kappa shape index (κ2) is 10.6. The fraction of sp³-hybridized carbons (Fsp3) is 0.0800. The molecule has 0 atom stereocenters. The quantitative estimate of drug-likeness (QED) is 0.403. The van der Waals surface area contributed by atoms with E-state index in [1.54, 1.807) is 47.7 Å². The Morgan fingerprint density at radius 2 is 1.75 bits per heavy atom. The first-order chi connectivity index (χ1) is 14.9. The first-order valence-corrected chi connectivity index (χ1v) is 10.7. The number of aromatic carboxylic acids is 1. The summed E-state index contributed by atoms with van der Waals surface area (Å²) in [6, 6.07) is 18.5. The fourth-order valence-electron chi connectivity index (χ4n) is 3.36. The van der Waals surface area contributed by atoms with Crippen LogP contribution in [0.2, 0.25) is 5.02 Å². The third kappa shape index (κ3) is 5.42. The molecule has 0 fully saturated rings. The molecule has 4 rings (SSSR count). The van der Waals surface area contributed by atoms with E-state index in [4.69, 9.17) is 16.3 Å². The molecule has 0 unspecified atom stereocenters. The molecule has 7 heteroatoms. The average Bonchev–Trinajstić information content (AvgIpc) is 3.23. The van der Waals surface area contributed by atoms with Crippen LogP contribution in [0, 0.1) is 12.7 Å². The van der Waals surface area contributed by atoms with Crippen molar-refractivity contribution in [1.29, 1.82) is 0 Å². The van der Waals surface area contributed by atoms with E-state index in [1.165, 1.54) is 12.1 Å². The molecule has 0 aliphatic heterocycles. The number of carboxylic acid groups (broad SMARTS) is 1. The van der Waals surface area contributed by atoms with E-state index in [-0.39, 0.29) is 47.5 Å². The van der Waals surface area contributed by atoms with Crippen LogP contribution in [0.1, 0.15) is 21.5 Å². The number of hydrogen-bond donors (Lipinski definition) is 0. The number of thiophene rings is 1. The van der Waals surface area contributed by atoms with Crippen LogP contribution in [0.4, 0.5) is 4.39 Å². The summed E-state index contributed by atoms with van der Waals surface area (Å²) in [6.07, 6.45) is 0. The van der Waals surface area contributed by atoms with Gasteiger partial charge in [0, 0.05) is 21.0 Å². The van der Waals surface area contributed by atoms with E-state index in [0.717, 1.165) is 32.7 Å². The van der Waals surface area contributed by atoms with E-state index in [0.29, 0.717) is 10.8 Å². The van der Waals surface area contributed by atoms with Crippen molar-refractivity contribution in [3.63, 3.8) is 0 Å². The van der Waals surface area contributed by atoms with E-state index >= 15 is 0 Å². The van der Waals surface area contributed by atoms with Gasteiger partial charge in [0.1, 0.15) is 18.2 Å². The van der Waals surface area contributed by atoms with Crippen LogP contribution >= 0.6 is 22.9 Å². The van der Waals surface area contributed by atoms with Crippen LogP contribution in [0.5, 0.6) is 5.75 Å². The van der Waals surface area contributed by atoms with Crippen LogP contribution in [0.15, 0.2) is 72.1 Å². The minimum absolute atomic E-state index is 0. The van der Waals surface area contributed by atoms with Gasteiger partial charge < -0.3 is 14.6 Å². The maximum absolute atomic E-state index is 13.2. The summed E-state index contributed by atoms with van der Waals surface area (Å²) in [7, 11) is 0. The van der Waals surface area contributed by atoms with Crippen molar-refractivity contribution in [1.82, 2.24) is 0 Å². The summed E-state index contributed by atoms with van der Waals surface area (Å²) in [5, 5.41) is 13.7. The van der Waals surface area contributed by atoms with Crippen molar-refractivity contribution in [2.45, 2.75) is 13.5 Å². The molecular weight excluding hydrogens is 458 g/mol. The molecule has 0 aliphatic carbocycles. The Morgan fingerprint density at radius 1 is 1.00 bits per heavy atom. The summed E-state index contributed by atoms with van der Waals surface area (Å²) in [4.78, 5) is 12.2. The molecular formula is C25H17ClFNaO3S. The van der Waals surface area contributed by atoms with E-state index in [9.17, 15) is 14.3 Å². The van der Waals surface area contributed by atoms with Gasteiger partial charge in [0.05, 0.1) is 5.97 Å². The molecule has 1 heterocycles. The van der Waals surface area contributed by atoms with E-state index in [2.05, 4.69) is 0 Å². The van der Waals surface area contributed by atoms with Crippen LogP contribution in [0.25, 0.3) is 21.6 Å². The van der Waals surface area contributed by atoms with Crippen molar-refractivity contribution < 1.29 is 48.6 Å². The second-order valence-electron chi connectivity index (χ2n) is 7.04. The first-order valence-electron chi connectivity index (χ1n) is 9.49. The first kappa shape index (κ1) is 24.5. The summed E-state index contributed by atoms with van der Waals surface area (Å²) >= 11 is 7.84. The van der Waals surface area contributed by atoms with Gasteiger partial charge in [-0.15, -0.1) is 11.3 Å². The normalized spacial score (nSPS) is 10.5. The molecule has 3 aromatic carbocycles. The molecule has 0 bridgehead atoms. The summed E-state index contributed by atoms with van der Waals surface area (Å²) in [5.74, 6) is -0.844. The van der Waals surface area contributed by atoms with Crippen LogP contribution < -0.4 is 39.4 Å². The number of carboxylic acids is 1. The maximum atomic E-state index is 13.2. The number of carbonyl (C=O) groups excluding carboxylic acids is 1. The average molecular weight is 475 g/mol. The number of carbonyl (C=O) groups is 1. The molecule has 156 valence electrons. The minimum atomic E-state index is -1.20. The van der Waals surface area contributed by atoms with Crippen LogP contribution in [-0.2, 0) is 6.61 Å². The fourth-order valence-corrected chi connectivity index (χ4v) is 4.53. The summed E-state index contributed by atoms with van der Waals surface area (Å²) < 4.78 is 19.2. The third-order valence-electron chi connectivity index (χ3n) is 4.91. The van der Waals surface area contributed by atoms with Gasteiger partial charge in [-0.05, 0) is 77.0 Å².